The molecule has 1 atom stereocenters. The molecule has 2 aromatic heterocycles. The number of para-hydroxylation sites is 2. The van der Waals surface area contributed by atoms with Gasteiger partial charge < -0.3 is 24.1 Å². The molecule has 0 radical (unpaired) electrons. The van der Waals surface area contributed by atoms with Gasteiger partial charge in [0.15, 0.2) is 5.65 Å². The summed E-state index contributed by atoms with van der Waals surface area (Å²) in [5, 5.41) is 2.94. The first-order valence-electron chi connectivity index (χ1n) is 10.8. The highest BCUT2D eigenvalue weighted by Crippen LogP contribution is 2.27. The lowest BCUT2D eigenvalue weighted by Crippen LogP contribution is -2.19. The molecule has 31 heavy (non-hydrogen) atoms. The van der Waals surface area contributed by atoms with Crippen molar-refractivity contribution in [2.75, 3.05) is 31.7 Å². The monoisotopic (exact) mass is 422 g/mol. The fourth-order valence-corrected chi connectivity index (χ4v) is 4.12. The maximum atomic E-state index is 12.9. The minimum Gasteiger partial charge on any atom is -0.489 e. The van der Waals surface area contributed by atoms with Crippen LogP contribution in [0.1, 0.15) is 42.1 Å². The number of carbonyl (C=O) groups is 1. The lowest BCUT2D eigenvalue weighted by atomic mass is 10.1. The summed E-state index contributed by atoms with van der Waals surface area (Å²) < 4.78 is 19.1. The lowest BCUT2D eigenvalue weighted by molar-refractivity contribution is 0.0682. The molecule has 0 spiro atoms. The number of hydrogen-bond acceptors (Lipinski definition) is 6. The maximum Gasteiger partial charge on any atom is 0.257 e. The Morgan fingerprint density at radius 3 is 2.87 bits per heavy atom. The van der Waals surface area contributed by atoms with Gasteiger partial charge in [0, 0.05) is 32.1 Å². The van der Waals surface area contributed by atoms with Crippen LogP contribution in [0.2, 0.25) is 0 Å². The molecule has 8 heteroatoms. The number of fused-ring (bicyclic) bond motifs is 1. The zero-order valence-corrected chi connectivity index (χ0v) is 17.3. The van der Waals surface area contributed by atoms with Crippen molar-refractivity contribution in [3.05, 3.63) is 48.4 Å². The number of aromatic nitrogens is 3. The molecule has 3 aromatic rings. The van der Waals surface area contributed by atoms with E-state index in [2.05, 4.69) is 19.9 Å². The molecular formula is C23H26N4O4. The summed E-state index contributed by atoms with van der Waals surface area (Å²) in [5.41, 5.74) is 2.59. The van der Waals surface area contributed by atoms with Crippen LogP contribution < -0.4 is 10.1 Å². The van der Waals surface area contributed by atoms with E-state index in [0.29, 0.717) is 35.2 Å². The van der Waals surface area contributed by atoms with Gasteiger partial charge in [-0.05, 0) is 43.9 Å². The van der Waals surface area contributed by atoms with Gasteiger partial charge in [-0.15, -0.1) is 0 Å². The van der Waals surface area contributed by atoms with Crippen molar-refractivity contribution in [2.24, 2.45) is 0 Å². The zero-order valence-electron chi connectivity index (χ0n) is 17.3. The number of hydrogen-bond donors (Lipinski definition) is 1. The van der Waals surface area contributed by atoms with Crippen molar-refractivity contribution in [3.8, 4) is 5.75 Å². The zero-order chi connectivity index (χ0) is 21.0. The molecule has 0 bridgehead atoms. The van der Waals surface area contributed by atoms with E-state index < -0.39 is 0 Å². The third-order valence-electron chi connectivity index (χ3n) is 5.84. The van der Waals surface area contributed by atoms with Crippen molar-refractivity contribution in [3.63, 3.8) is 0 Å². The average Bonchev–Trinajstić information content (AvgIpc) is 3.48. The van der Waals surface area contributed by atoms with Crippen LogP contribution in [0, 0.1) is 0 Å². The second-order valence-corrected chi connectivity index (χ2v) is 7.96. The van der Waals surface area contributed by atoms with E-state index in [0.717, 1.165) is 51.2 Å². The van der Waals surface area contributed by atoms with Gasteiger partial charge in [0.1, 0.15) is 17.9 Å². The van der Waals surface area contributed by atoms with Gasteiger partial charge in [-0.25, -0.2) is 9.97 Å². The van der Waals surface area contributed by atoms with Crippen LogP contribution in [0.25, 0.3) is 11.2 Å². The molecule has 0 aliphatic carbocycles. The van der Waals surface area contributed by atoms with Crippen LogP contribution in [0.3, 0.4) is 0 Å². The van der Waals surface area contributed by atoms with Crippen molar-refractivity contribution in [1.82, 2.24) is 14.5 Å². The van der Waals surface area contributed by atoms with Crippen molar-refractivity contribution < 1.29 is 19.0 Å². The van der Waals surface area contributed by atoms with Crippen molar-refractivity contribution >= 4 is 22.8 Å². The van der Waals surface area contributed by atoms with Crippen LogP contribution in [-0.4, -0.2) is 53.0 Å². The van der Waals surface area contributed by atoms with Gasteiger partial charge in [0.25, 0.3) is 5.91 Å². The van der Waals surface area contributed by atoms with Crippen LogP contribution in [0.15, 0.2) is 42.9 Å². The summed E-state index contributed by atoms with van der Waals surface area (Å²) >= 11 is 0. The van der Waals surface area contributed by atoms with Gasteiger partial charge in [-0.3, -0.25) is 4.79 Å². The molecule has 0 saturated carbocycles. The summed E-state index contributed by atoms with van der Waals surface area (Å²) in [7, 11) is 0. The molecule has 1 unspecified atom stereocenters. The van der Waals surface area contributed by atoms with Crippen molar-refractivity contribution in [2.45, 2.75) is 37.8 Å². The highest BCUT2D eigenvalue weighted by molar-refractivity contribution is 6.06. The van der Waals surface area contributed by atoms with Gasteiger partial charge in [0.2, 0.25) is 0 Å². The van der Waals surface area contributed by atoms with E-state index in [-0.39, 0.29) is 12.0 Å². The molecule has 1 aromatic carbocycles. The molecule has 4 heterocycles. The molecule has 1 N–H and O–H groups in total. The fraction of sp³-hybridized carbons (Fsp3) is 0.435. The standard InChI is InChI=1S/C23H26N4O4/c28-23(26-19-5-1-2-6-21(19)31-14-18-4-3-9-30-18)16-12-20-22(24-13-16)27(15-25-20)17-7-10-29-11-8-17/h1-2,5-6,12-13,15,17-18H,3-4,7-11,14H2,(H,26,28). The number of rotatable bonds is 6. The predicted molar refractivity (Wildman–Crippen MR) is 115 cm³/mol. The molecule has 2 saturated heterocycles. The third kappa shape index (κ3) is 4.40. The van der Waals surface area contributed by atoms with Gasteiger partial charge in [-0.1, -0.05) is 12.1 Å². The number of pyridine rings is 1. The first-order chi connectivity index (χ1) is 15.3. The van der Waals surface area contributed by atoms with E-state index in [1.165, 1.54) is 0 Å². The average molecular weight is 422 g/mol. The van der Waals surface area contributed by atoms with Crippen LogP contribution in [-0.2, 0) is 9.47 Å². The first-order valence-corrected chi connectivity index (χ1v) is 10.8. The summed E-state index contributed by atoms with van der Waals surface area (Å²) in [5.74, 6) is 0.382. The minimum atomic E-state index is -0.247. The number of imidazole rings is 1. The summed E-state index contributed by atoms with van der Waals surface area (Å²) in [6.07, 6.45) is 7.47. The van der Waals surface area contributed by atoms with E-state index in [4.69, 9.17) is 14.2 Å². The van der Waals surface area contributed by atoms with E-state index in [1.807, 2.05) is 30.6 Å². The summed E-state index contributed by atoms with van der Waals surface area (Å²) in [4.78, 5) is 21.9. The Balaban J connectivity index is 1.30. The number of ether oxygens (including phenoxy) is 3. The Morgan fingerprint density at radius 1 is 1.16 bits per heavy atom. The third-order valence-corrected chi connectivity index (χ3v) is 5.84. The normalized spacial score (nSPS) is 19.5. The Labute approximate surface area is 180 Å². The second kappa shape index (κ2) is 9.03. The van der Waals surface area contributed by atoms with Crippen LogP contribution in [0.5, 0.6) is 5.75 Å². The largest absolute Gasteiger partial charge is 0.489 e. The maximum absolute atomic E-state index is 12.9. The predicted octanol–water partition coefficient (Wildman–Crippen LogP) is 3.59. The first kappa shape index (κ1) is 20.0. The number of anilines is 1. The quantitative estimate of drug-likeness (QED) is 0.653. The highest BCUT2D eigenvalue weighted by atomic mass is 16.5. The Morgan fingerprint density at radius 2 is 2.03 bits per heavy atom. The Hall–Kier alpha value is -2.97. The van der Waals surface area contributed by atoms with E-state index in [1.54, 1.807) is 12.3 Å². The Kier molecular flexibility index (Phi) is 5.82. The smallest absolute Gasteiger partial charge is 0.257 e. The van der Waals surface area contributed by atoms with Crippen LogP contribution in [0.4, 0.5) is 5.69 Å². The summed E-state index contributed by atoms with van der Waals surface area (Å²) in [6.45, 7) is 2.76. The van der Waals surface area contributed by atoms with E-state index in [9.17, 15) is 4.79 Å². The molecule has 5 rings (SSSR count). The number of nitrogens with zero attached hydrogens (tertiary/aromatic N) is 3. The minimum absolute atomic E-state index is 0.112. The summed E-state index contributed by atoms with van der Waals surface area (Å²) in [6, 6.07) is 9.54. The number of carbonyl (C=O) groups excluding carboxylic acids is 1. The number of benzene rings is 1. The Bertz CT molecular complexity index is 1050. The molecule has 8 nitrogen and oxygen atoms in total. The van der Waals surface area contributed by atoms with Gasteiger partial charge >= 0.3 is 0 Å². The molecule has 2 fully saturated rings. The van der Waals surface area contributed by atoms with Gasteiger partial charge in [0.05, 0.1) is 23.7 Å². The molecule has 2 aliphatic heterocycles. The van der Waals surface area contributed by atoms with Gasteiger partial charge in [-0.2, -0.15) is 0 Å². The molecule has 1 amide bonds. The molecule has 2 aliphatic rings. The van der Waals surface area contributed by atoms with E-state index >= 15 is 0 Å². The SMILES string of the molecule is O=C(Nc1ccccc1OCC1CCCO1)c1cnc2c(c1)ncn2C1CCOCC1. The molecular weight excluding hydrogens is 396 g/mol. The lowest BCUT2D eigenvalue weighted by Gasteiger charge is -2.23. The number of nitrogens with one attached hydrogen (secondary N) is 1. The molecule has 162 valence electrons. The second-order valence-electron chi connectivity index (χ2n) is 7.96. The highest BCUT2D eigenvalue weighted by Gasteiger charge is 2.20. The topological polar surface area (TPSA) is 87.5 Å². The fourth-order valence-electron chi connectivity index (χ4n) is 4.12. The number of amides is 1. The van der Waals surface area contributed by atoms with Crippen molar-refractivity contribution in [1.29, 1.82) is 0 Å². The van der Waals surface area contributed by atoms with Crippen LogP contribution >= 0.6 is 0 Å².